The highest BCUT2D eigenvalue weighted by molar-refractivity contribution is 5.89. The molecule has 23 heavy (non-hydrogen) atoms. The zero-order valence-corrected chi connectivity index (χ0v) is 13.5. The number of nitrogens with one attached hydrogen (secondary N) is 1. The lowest BCUT2D eigenvalue weighted by Gasteiger charge is -2.15. The summed E-state index contributed by atoms with van der Waals surface area (Å²) in [6.45, 7) is 4.36. The predicted molar refractivity (Wildman–Crippen MR) is 85.7 cm³/mol. The van der Waals surface area contributed by atoms with Gasteiger partial charge < -0.3 is 24.6 Å². The van der Waals surface area contributed by atoms with Crippen LogP contribution in [-0.2, 0) is 9.47 Å². The number of benzene rings is 1. The molecular formula is C17H25NO5. The van der Waals surface area contributed by atoms with Gasteiger partial charge in [-0.25, -0.2) is 4.79 Å². The van der Waals surface area contributed by atoms with Crippen molar-refractivity contribution in [1.82, 2.24) is 5.32 Å². The molecule has 2 N–H and O–H groups in total. The Bertz CT molecular complexity index is 470. The van der Waals surface area contributed by atoms with Crippen LogP contribution in [0, 0.1) is 0 Å². The van der Waals surface area contributed by atoms with Crippen molar-refractivity contribution in [2.24, 2.45) is 0 Å². The number of hydrogen-bond acceptors (Lipinski definition) is 6. The molecule has 0 unspecified atom stereocenters. The third-order valence-corrected chi connectivity index (χ3v) is 3.58. The first-order valence-electron chi connectivity index (χ1n) is 8.09. The van der Waals surface area contributed by atoms with Crippen LogP contribution >= 0.6 is 0 Å². The highest BCUT2D eigenvalue weighted by Gasteiger charge is 2.15. The second-order valence-corrected chi connectivity index (χ2v) is 5.50. The van der Waals surface area contributed by atoms with Crippen LogP contribution in [0.3, 0.4) is 0 Å². The van der Waals surface area contributed by atoms with Crippen LogP contribution in [0.2, 0.25) is 0 Å². The summed E-state index contributed by atoms with van der Waals surface area (Å²) in [6.07, 6.45) is 1.85. The first-order chi connectivity index (χ1) is 11.2. The van der Waals surface area contributed by atoms with Crippen LogP contribution in [-0.4, -0.2) is 56.2 Å². The summed E-state index contributed by atoms with van der Waals surface area (Å²) >= 11 is 0. The summed E-state index contributed by atoms with van der Waals surface area (Å²) in [5.74, 6) is 0.258. The summed E-state index contributed by atoms with van der Waals surface area (Å²) in [6, 6.07) is 6.68. The summed E-state index contributed by atoms with van der Waals surface area (Å²) in [5, 5.41) is 13.1. The number of aliphatic hydroxyl groups is 1. The Morgan fingerprint density at radius 3 is 2.87 bits per heavy atom. The standard InChI is InChI=1S/C17H25NO5/c1-2-21-17(20)13-5-7-15(8-6-13)23-12-14(19)10-18-11-16-4-3-9-22-16/h5-8,14,16,18-19H,2-4,9-12H2,1H3/t14-,16+/m1/s1. The van der Waals surface area contributed by atoms with Crippen LogP contribution in [0.25, 0.3) is 0 Å². The Morgan fingerprint density at radius 2 is 2.22 bits per heavy atom. The third-order valence-electron chi connectivity index (χ3n) is 3.58. The number of rotatable bonds is 9. The molecule has 1 aromatic carbocycles. The van der Waals surface area contributed by atoms with Crippen LogP contribution in [0.1, 0.15) is 30.1 Å². The molecular weight excluding hydrogens is 298 g/mol. The molecule has 6 nitrogen and oxygen atoms in total. The van der Waals surface area contributed by atoms with E-state index >= 15 is 0 Å². The van der Waals surface area contributed by atoms with Gasteiger partial charge >= 0.3 is 5.97 Å². The Hall–Kier alpha value is -1.63. The molecule has 1 saturated heterocycles. The Morgan fingerprint density at radius 1 is 1.43 bits per heavy atom. The van der Waals surface area contributed by atoms with E-state index < -0.39 is 6.10 Å². The van der Waals surface area contributed by atoms with Gasteiger partial charge in [0.15, 0.2) is 0 Å². The van der Waals surface area contributed by atoms with Gasteiger partial charge in [-0.05, 0) is 44.0 Å². The fraction of sp³-hybridized carbons (Fsp3) is 0.588. The van der Waals surface area contributed by atoms with Gasteiger partial charge in [0.2, 0.25) is 0 Å². The van der Waals surface area contributed by atoms with Crippen LogP contribution in [0.4, 0.5) is 0 Å². The lowest BCUT2D eigenvalue weighted by molar-refractivity contribution is 0.0526. The topological polar surface area (TPSA) is 77.0 Å². The summed E-state index contributed by atoms with van der Waals surface area (Å²) in [7, 11) is 0. The van der Waals surface area contributed by atoms with E-state index in [9.17, 15) is 9.90 Å². The maximum absolute atomic E-state index is 11.5. The van der Waals surface area contributed by atoms with E-state index in [1.54, 1.807) is 31.2 Å². The summed E-state index contributed by atoms with van der Waals surface area (Å²) in [5.41, 5.74) is 0.484. The zero-order valence-electron chi connectivity index (χ0n) is 13.5. The molecule has 2 atom stereocenters. The highest BCUT2D eigenvalue weighted by atomic mass is 16.5. The third kappa shape index (κ3) is 6.17. The Balaban J connectivity index is 1.65. The van der Waals surface area contributed by atoms with Crippen molar-refractivity contribution in [1.29, 1.82) is 0 Å². The van der Waals surface area contributed by atoms with Crippen molar-refractivity contribution in [2.75, 3.05) is 32.9 Å². The van der Waals surface area contributed by atoms with E-state index in [2.05, 4.69) is 5.32 Å². The molecule has 1 heterocycles. The number of ether oxygens (including phenoxy) is 3. The van der Waals surface area contributed by atoms with Crippen LogP contribution < -0.4 is 10.1 Å². The smallest absolute Gasteiger partial charge is 0.338 e. The second-order valence-electron chi connectivity index (χ2n) is 5.50. The fourth-order valence-electron chi connectivity index (χ4n) is 2.37. The fourth-order valence-corrected chi connectivity index (χ4v) is 2.37. The molecule has 0 aliphatic carbocycles. The van der Waals surface area contributed by atoms with Gasteiger partial charge in [-0.3, -0.25) is 0 Å². The van der Waals surface area contributed by atoms with Gasteiger partial charge in [-0.15, -0.1) is 0 Å². The molecule has 2 rings (SSSR count). The van der Waals surface area contributed by atoms with E-state index in [1.165, 1.54) is 0 Å². The number of hydrogen-bond donors (Lipinski definition) is 2. The van der Waals surface area contributed by atoms with Crippen LogP contribution in [0.5, 0.6) is 5.75 Å². The highest BCUT2D eigenvalue weighted by Crippen LogP contribution is 2.13. The van der Waals surface area contributed by atoms with Gasteiger partial charge in [-0.1, -0.05) is 0 Å². The molecule has 1 aliphatic rings. The van der Waals surface area contributed by atoms with E-state index in [4.69, 9.17) is 14.2 Å². The summed E-state index contributed by atoms with van der Waals surface area (Å²) < 4.78 is 15.9. The lowest BCUT2D eigenvalue weighted by atomic mass is 10.2. The number of esters is 1. The van der Waals surface area contributed by atoms with E-state index in [1.807, 2.05) is 0 Å². The van der Waals surface area contributed by atoms with Crippen molar-refractivity contribution in [3.05, 3.63) is 29.8 Å². The molecule has 0 aromatic heterocycles. The first kappa shape index (κ1) is 17.7. The van der Waals surface area contributed by atoms with E-state index in [0.717, 1.165) is 26.0 Å². The van der Waals surface area contributed by atoms with Crippen molar-refractivity contribution in [2.45, 2.75) is 32.0 Å². The quantitative estimate of drug-likeness (QED) is 0.669. The van der Waals surface area contributed by atoms with Crippen LogP contribution in [0.15, 0.2) is 24.3 Å². The minimum Gasteiger partial charge on any atom is -0.491 e. The monoisotopic (exact) mass is 323 g/mol. The van der Waals surface area contributed by atoms with Crippen molar-refractivity contribution in [3.8, 4) is 5.75 Å². The van der Waals surface area contributed by atoms with Crippen molar-refractivity contribution >= 4 is 5.97 Å². The molecule has 6 heteroatoms. The molecule has 0 amide bonds. The zero-order chi connectivity index (χ0) is 16.5. The lowest BCUT2D eigenvalue weighted by Crippen LogP contribution is -2.35. The normalized spacial score (nSPS) is 18.6. The van der Waals surface area contributed by atoms with Crippen molar-refractivity contribution < 1.29 is 24.1 Å². The number of aliphatic hydroxyl groups excluding tert-OH is 1. The van der Waals surface area contributed by atoms with E-state index in [-0.39, 0.29) is 18.7 Å². The molecule has 0 spiro atoms. The van der Waals surface area contributed by atoms with Gasteiger partial charge in [0.05, 0.1) is 18.3 Å². The largest absolute Gasteiger partial charge is 0.491 e. The minimum absolute atomic E-state index is 0.192. The molecule has 1 aliphatic heterocycles. The number of carbonyl (C=O) groups is 1. The van der Waals surface area contributed by atoms with Gasteiger partial charge in [0.25, 0.3) is 0 Å². The SMILES string of the molecule is CCOC(=O)c1ccc(OC[C@H](O)CNC[C@@H]2CCCO2)cc1. The predicted octanol–water partition coefficient (Wildman–Crippen LogP) is 1.37. The molecule has 0 saturated carbocycles. The first-order valence-corrected chi connectivity index (χ1v) is 8.09. The molecule has 1 fully saturated rings. The summed E-state index contributed by atoms with van der Waals surface area (Å²) in [4.78, 5) is 11.5. The minimum atomic E-state index is -0.596. The van der Waals surface area contributed by atoms with E-state index in [0.29, 0.717) is 24.5 Å². The van der Waals surface area contributed by atoms with Gasteiger partial charge in [0.1, 0.15) is 18.5 Å². The maximum Gasteiger partial charge on any atom is 0.338 e. The Labute approximate surface area is 136 Å². The average Bonchev–Trinajstić information content (AvgIpc) is 3.07. The molecule has 0 bridgehead atoms. The molecule has 128 valence electrons. The molecule has 0 radical (unpaired) electrons. The maximum atomic E-state index is 11.5. The van der Waals surface area contributed by atoms with Gasteiger partial charge in [0, 0.05) is 19.7 Å². The molecule has 1 aromatic rings. The number of carbonyl (C=O) groups excluding carboxylic acids is 1. The van der Waals surface area contributed by atoms with Gasteiger partial charge in [-0.2, -0.15) is 0 Å². The average molecular weight is 323 g/mol. The second kappa shape index (κ2) is 9.50. The van der Waals surface area contributed by atoms with Crippen molar-refractivity contribution in [3.63, 3.8) is 0 Å². The Kier molecular flexibility index (Phi) is 7.32.